The topological polar surface area (TPSA) is 21.3 Å². The fourth-order valence-electron chi connectivity index (χ4n) is 0.733. The van der Waals surface area contributed by atoms with Gasteiger partial charge in [0.25, 0.3) is 0 Å². The van der Waals surface area contributed by atoms with E-state index < -0.39 is 0 Å². The monoisotopic (exact) mass is 181 g/mol. The van der Waals surface area contributed by atoms with Crippen LogP contribution in [0, 0.1) is 0 Å². The van der Waals surface area contributed by atoms with Crippen LogP contribution < -0.4 is 5.32 Å². The third-order valence-corrected chi connectivity index (χ3v) is 1.41. The van der Waals surface area contributed by atoms with Gasteiger partial charge in [-0.1, -0.05) is 37.8 Å². The standard InChI is InChI=1S/C11H19NO/c1-4-6-7-8-11(3)9-13-10-12-5-2/h4,6-8,12H,1,5,9-10H2,2-3H3/b7-6-,11-8+. The van der Waals surface area contributed by atoms with E-state index in [1.54, 1.807) is 6.08 Å². The van der Waals surface area contributed by atoms with E-state index in [9.17, 15) is 0 Å². The summed E-state index contributed by atoms with van der Waals surface area (Å²) >= 11 is 0. The van der Waals surface area contributed by atoms with Gasteiger partial charge in [-0.15, -0.1) is 0 Å². The third kappa shape index (κ3) is 9.05. The first-order chi connectivity index (χ1) is 6.31. The molecule has 0 heterocycles. The fourth-order valence-corrected chi connectivity index (χ4v) is 0.733. The van der Waals surface area contributed by atoms with Crippen LogP contribution in [0.4, 0.5) is 0 Å². The molecule has 0 aromatic rings. The van der Waals surface area contributed by atoms with Gasteiger partial charge in [-0.25, -0.2) is 0 Å². The van der Waals surface area contributed by atoms with Crippen molar-refractivity contribution in [3.05, 3.63) is 36.5 Å². The number of nitrogens with one attached hydrogen (secondary N) is 1. The SMILES string of the molecule is C=C/C=C\C=C(/C)COCNCC. The zero-order chi connectivity index (χ0) is 9.94. The Labute approximate surface area is 81.0 Å². The van der Waals surface area contributed by atoms with Crippen molar-refractivity contribution in [3.63, 3.8) is 0 Å². The summed E-state index contributed by atoms with van der Waals surface area (Å²) in [4.78, 5) is 0. The van der Waals surface area contributed by atoms with Crippen LogP contribution in [0.2, 0.25) is 0 Å². The van der Waals surface area contributed by atoms with E-state index in [1.807, 2.05) is 25.2 Å². The van der Waals surface area contributed by atoms with Crippen LogP contribution in [-0.4, -0.2) is 19.9 Å². The van der Waals surface area contributed by atoms with Crippen molar-refractivity contribution in [2.24, 2.45) is 0 Å². The highest BCUT2D eigenvalue weighted by atomic mass is 16.5. The second-order valence-corrected chi connectivity index (χ2v) is 2.73. The van der Waals surface area contributed by atoms with Crippen LogP contribution in [0.5, 0.6) is 0 Å². The lowest BCUT2D eigenvalue weighted by molar-refractivity contribution is 0.138. The molecule has 0 spiro atoms. The van der Waals surface area contributed by atoms with Gasteiger partial charge < -0.3 is 4.74 Å². The van der Waals surface area contributed by atoms with E-state index in [0.29, 0.717) is 13.3 Å². The van der Waals surface area contributed by atoms with Gasteiger partial charge in [0.05, 0.1) is 13.3 Å². The molecule has 2 heteroatoms. The zero-order valence-corrected chi connectivity index (χ0v) is 8.55. The van der Waals surface area contributed by atoms with Crippen LogP contribution in [-0.2, 0) is 4.74 Å². The Bertz CT molecular complexity index is 183. The molecule has 0 rings (SSSR count). The summed E-state index contributed by atoms with van der Waals surface area (Å²) < 4.78 is 5.33. The lowest BCUT2D eigenvalue weighted by Crippen LogP contribution is -2.17. The summed E-state index contributed by atoms with van der Waals surface area (Å²) in [5, 5.41) is 3.09. The Hall–Kier alpha value is -0.860. The molecule has 0 atom stereocenters. The Morgan fingerprint density at radius 2 is 2.23 bits per heavy atom. The lowest BCUT2D eigenvalue weighted by atomic mass is 10.3. The van der Waals surface area contributed by atoms with E-state index in [1.165, 1.54) is 5.57 Å². The first-order valence-corrected chi connectivity index (χ1v) is 4.54. The van der Waals surface area contributed by atoms with Crippen LogP contribution in [0.15, 0.2) is 36.5 Å². The minimum atomic E-state index is 0.618. The maximum absolute atomic E-state index is 5.33. The minimum absolute atomic E-state index is 0.618. The third-order valence-electron chi connectivity index (χ3n) is 1.41. The predicted octanol–water partition coefficient (Wildman–Crippen LogP) is 2.26. The Morgan fingerprint density at radius 3 is 2.85 bits per heavy atom. The summed E-state index contributed by atoms with van der Waals surface area (Å²) in [5.74, 6) is 0. The number of hydrogen-bond donors (Lipinski definition) is 1. The second kappa shape index (κ2) is 9.23. The summed E-state index contributed by atoms with van der Waals surface area (Å²) in [6, 6.07) is 0. The quantitative estimate of drug-likeness (QED) is 0.369. The lowest BCUT2D eigenvalue weighted by Gasteiger charge is -2.03. The van der Waals surface area contributed by atoms with Gasteiger partial charge in [-0.05, 0) is 19.0 Å². The van der Waals surface area contributed by atoms with Gasteiger partial charge in [0.15, 0.2) is 0 Å². The summed E-state index contributed by atoms with van der Waals surface area (Å²) in [5.41, 5.74) is 1.20. The van der Waals surface area contributed by atoms with Crippen molar-refractivity contribution < 1.29 is 4.74 Å². The molecule has 0 aromatic heterocycles. The predicted molar refractivity (Wildman–Crippen MR) is 57.6 cm³/mol. The first kappa shape index (κ1) is 12.1. The van der Waals surface area contributed by atoms with Gasteiger partial charge >= 0.3 is 0 Å². The summed E-state index contributed by atoms with van der Waals surface area (Å²) in [7, 11) is 0. The average molecular weight is 181 g/mol. The molecule has 1 N–H and O–H groups in total. The van der Waals surface area contributed by atoms with Crippen LogP contribution in [0.1, 0.15) is 13.8 Å². The van der Waals surface area contributed by atoms with Crippen LogP contribution in [0.3, 0.4) is 0 Å². The minimum Gasteiger partial charge on any atom is -0.362 e. The zero-order valence-electron chi connectivity index (χ0n) is 8.55. The molecule has 0 radical (unpaired) electrons. The van der Waals surface area contributed by atoms with Crippen molar-refractivity contribution >= 4 is 0 Å². The van der Waals surface area contributed by atoms with Gasteiger partial charge in [-0.2, -0.15) is 0 Å². The normalized spacial score (nSPS) is 12.3. The van der Waals surface area contributed by atoms with Gasteiger partial charge in [0.2, 0.25) is 0 Å². The second-order valence-electron chi connectivity index (χ2n) is 2.73. The van der Waals surface area contributed by atoms with E-state index in [4.69, 9.17) is 4.74 Å². The largest absolute Gasteiger partial charge is 0.362 e. The molecule has 0 aromatic carbocycles. The smallest absolute Gasteiger partial charge is 0.0969 e. The van der Waals surface area contributed by atoms with Gasteiger partial charge in [-0.3, -0.25) is 5.32 Å². The van der Waals surface area contributed by atoms with Crippen LogP contribution >= 0.6 is 0 Å². The fraction of sp³-hybridized carbons (Fsp3) is 0.455. The van der Waals surface area contributed by atoms with Gasteiger partial charge in [0, 0.05) is 0 Å². The highest BCUT2D eigenvalue weighted by molar-refractivity contribution is 5.14. The molecule has 2 nitrogen and oxygen atoms in total. The Morgan fingerprint density at radius 1 is 1.46 bits per heavy atom. The van der Waals surface area contributed by atoms with Crippen molar-refractivity contribution in [3.8, 4) is 0 Å². The van der Waals surface area contributed by atoms with E-state index in [-0.39, 0.29) is 0 Å². The molecule has 0 saturated carbocycles. The summed E-state index contributed by atoms with van der Waals surface area (Å²) in [6.45, 7) is 9.92. The highest BCUT2D eigenvalue weighted by Crippen LogP contribution is 1.93. The number of rotatable bonds is 7. The van der Waals surface area contributed by atoms with Crippen molar-refractivity contribution in [1.82, 2.24) is 5.32 Å². The average Bonchev–Trinajstić information content (AvgIpc) is 2.13. The van der Waals surface area contributed by atoms with E-state index in [2.05, 4.69) is 18.8 Å². The number of allylic oxidation sites excluding steroid dienone is 4. The van der Waals surface area contributed by atoms with E-state index in [0.717, 1.165) is 6.54 Å². The molecule has 0 aliphatic carbocycles. The van der Waals surface area contributed by atoms with Crippen molar-refractivity contribution in [2.75, 3.05) is 19.9 Å². The molecule has 0 fully saturated rings. The molecule has 74 valence electrons. The first-order valence-electron chi connectivity index (χ1n) is 4.54. The summed E-state index contributed by atoms with van der Waals surface area (Å²) in [6.07, 6.45) is 7.63. The van der Waals surface area contributed by atoms with Crippen molar-refractivity contribution in [1.29, 1.82) is 0 Å². The maximum Gasteiger partial charge on any atom is 0.0969 e. The molecule has 0 bridgehead atoms. The molecule has 0 saturated heterocycles. The van der Waals surface area contributed by atoms with Crippen molar-refractivity contribution in [2.45, 2.75) is 13.8 Å². The highest BCUT2D eigenvalue weighted by Gasteiger charge is 1.87. The molecule has 0 amide bonds. The van der Waals surface area contributed by atoms with Crippen LogP contribution in [0.25, 0.3) is 0 Å². The Balaban J connectivity index is 3.48. The molecule has 0 aliphatic heterocycles. The molecule has 0 unspecified atom stereocenters. The Kier molecular flexibility index (Phi) is 8.62. The number of hydrogen-bond acceptors (Lipinski definition) is 2. The molecule has 0 aliphatic rings. The maximum atomic E-state index is 5.33. The molecule has 13 heavy (non-hydrogen) atoms. The molecular weight excluding hydrogens is 162 g/mol. The molecular formula is C11H19NO. The van der Waals surface area contributed by atoms with E-state index >= 15 is 0 Å². The number of ether oxygens (including phenoxy) is 1. The van der Waals surface area contributed by atoms with Gasteiger partial charge in [0.1, 0.15) is 0 Å².